The number of carbonyl (C=O) groups is 4. The maximum Gasteiger partial charge on any atom is 0.422 e. The van der Waals surface area contributed by atoms with Gasteiger partial charge in [-0.05, 0) is 85.5 Å². The predicted molar refractivity (Wildman–Crippen MR) is 187 cm³/mol. The van der Waals surface area contributed by atoms with Crippen molar-refractivity contribution in [1.29, 1.82) is 0 Å². The molecule has 1 atom stereocenters. The molecule has 4 aromatic rings. The number of anilines is 5. The molecule has 1 saturated carbocycles. The summed E-state index contributed by atoms with van der Waals surface area (Å²) >= 11 is 6.02. The van der Waals surface area contributed by atoms with Crippen molar-refractivity contribution in [2.75, 3.05) is 41.9 Å². The Bertz CT molecular complexity index is 1950. The predicted octanol–water partition coefficient (Wildman–Crippen LogP) is 4.31. The molecule has 0 radical (unpaired) electrons. The second kappa shape index (κ2) is 16.4. The first-order valence-electron chi connectivity index (χ1n) is 15.9. The van der Waals surface area contributed by atoms with E-state index in [0.717, 1.165) is 12.7 Å². The summed E-state index contributed by atoms with van der Waals surface area (Å²) in [6.07, 6.45) is -3.33. The van der Waals surface area contributed by atoms with Crippen molar-refractivity contribution in [3.63, 3.8) is 0 Å². The zero-order chi connectivity index (χ0) is 38.2. The summed E-state index contributed by atoms with van der Waals surface area (Å²) in [4.78, 5) is 62.2. The highest BCUT2D eigenvalue weighted by atomic mass is 35.5. The van der Waals surface area contributed by atoms with Crippen molar-refractivity contribution < 1.29 is 41.8 Å². The number of hydrogen-bond donors (Lipinski definition) is 6. The molecule has 1 aliphatic carbocycles. The minimum absolute atomic E-state index is 0.0319. The van der Waals surface area contributed by atoms with Gasteiger partial charge in [0.1, 0.15) is 6.04 Å². The standard InChI is InChI=1S/C34H33ClF3N9O6/c1-52-29(51)25(14-17-40-27(49)28(50)41-23-12-8-22(39)9-13-23)43-26(48)19-2-10-24(11-3-19)42-30-44-31(46-32(45-30)53-18-34(36,37)38)47-33(15-16-33)20-4-6-21(35)7-5-20/h2-13,25H,14-18,39H2,1H3,(H,40,49)(H,41,50)(H,43,48)(H2,42,44,45,46,47)/t25-/m0/s1. The van der Waals surface area contributed by atoms with Crippen LogP contribution in [0.15, 0.2) is 72.8 Å². The maximum absolute atomic E-state index is 13.0. The van der Waals surface area contributed by atoms with Crippen LogP contribution in [0.1, 0.15) is 35.2 Å². The van der Waals surface area contributed by atoms with Gasteiger partial charge in [0.2, 0.25) is 11.9 Å². The highest BCUT2D eigenvalue weighted by Gasteiger charge is 2.45. The molecular weight excluding hydrogens is 723 g/mol. The first-order chi connectivity index (χ1) is 25.2. The normalized spacial score (nSPS) is 13.5. The summed E-state index contributed by atoms with van der Waals surface area (Å²) in [5, 5.41) is 13.9. The number of benzene rings is 3. The van der Waals surface area contributed by atoms with Gasteiger partial charge in [0.05, 0.1) is 12.6 Å². The molecule has 3 aromatic carbocycles. The van der Waals surface area contributed by atoms with E-state index in [1.54, 1.807) is 24.3 Å². The molecule has 0 bridgehead atoms. The molecule has 5 rings (SSSR count). The third-order valence-electron chi connectivity index (χ3n) is 7.77. The van der Waals surface area contributed by atoms with E-state index in [0.29, 0.717) is 34.9 Å². The maximum atomic E-state index is 13.0. The van der Waals surface area contributed by atoms with Crippen LogP contribution in [0.4, 0.5) is 42.1 Å². The Kier molecular flexibility index (Phi) is 11.8. The Balaban J connectivity index is 1.21. The third kappa shape index (κ3) is 10.9. The summed E-state index contributed by atoms with van der Waals surface area (Å²) in [7, 11) is 1.13. The van der Waals surface area contributed by atoms with E-state index in [1.807, 2.05) is 12.1 Å². The van der Waals surface area contributed by atoms with Crippen LogP contribution in [0.2, 0.25) is 5.02 Å². The van der Waals surface area contributed by atoms with Crippen LogP contribution < -0.4 is 37.1 Å². The number of hydrogen-bond acceptors (Lipinski definition) is 12. The molecule has 53 heavy (non-hydrogen) atoms. The Morgan fingerprint density at radius 2 is 1.53 bits per heavy atom. The van der Waals surface area contributed by atoms with E-state index in [2.05, 4.69) is 41.5 Å². The van der Waals surface area contributed by atoms with Gasteiger partial charge in [0, 0.05) is 34.2 Å². The van der Waals surface area contributed by atoms with E-state index in [-0.39, 0.29) is 30.4 Å². The minimum Gasteiger partial charge on any atom is -0.467 e. The number of nitrogen functional groups attached to an aromatic ring is 1. The topological polar surface area (TPSA) is 212 Å². The van der Waals surface area contributed by atoms with Gasteiger partial charge >= 0.3 is 30.0 Å². The van der Waals surface area contributed by atoms with E-state index < -0.39 is 54.1 Å². The number of nitrogens with one attached hydrogen (secondary N) is 5. The molecule has 0 spiro atoms. The second-order valence-corrected chi connectivity index (χ2v) is 12.2. The van der Waals surface area contributed by atoms with Gasteiger partial charge in [-0.1, -0.05) is 23.7 Å². The number of rotatable bonds is 14. The highest BCUT2D eigenvalue weighted by molar-refractivity contribution is 6.39. The number of halogens is 4. The Hall–Kier alpha value is -6.17. The smallest absolute Gasteiger partial charge is 0.422 e. The molecule has 1 aromatic heterocycles. The minimum atomic E-state index is -4.64. The van der Waals surface area contributed by atoms with Crippen LogP contribution in [0.5, 0.6) is 6.01 Å². The largest absolute Gasteiger partial charge is 0.467 e. The van der Waals surface area contributed by atoms with Gasteiger partial charge in [-0.15, -0.1) is 0 Å². The zero-order valence-electron chi connectivity index (χ0n) is 27.9. The van der Waals surface area contributed by atoms with Gasteiger partial charge in [0.25, 0.3) is 5.91 Å². The Morgan fingerprint density at radius 1 is 0.887 bits per heavy atom. The first kappa shape index (κ1) is 38.1. The summed E-state index contributed by atoms with van der Waals surface area (Å²) in [5.41, 5.74) is 7.25. The number of ether oxygens (including phenoxy) is 2. The molecule has 7 N–H and O–H groups in total. The number of nitrogens with two attached hydrogens (primary N) is 1. The molecule has 0 aliphatic heterocycles. The van der Waals surface area contributed by atoms with Crippen molar-refractivity contribution in [1.82, 2.24) is 25.6 Å². The average molecular weight is 756 g/mol. The quantitative estimate of drug-likeness (QED) is 0.0604. The van der Waals surface area contributed by atoms with E-state index >= 15 is 0 Å². The van der Waals surface area contributed by atoms with E-state index in [9.17, 15) is 32.3 Å². The summed E-state index contributed by atoms with van der Waals surface area (Å²) in [6, 6.07) is 17.3. The molecule has 278 valence electrons. The monoisotopic (exact) mass is 755 g/mol. The lowest BCUT2D eigenvalue weighted by Gasteiger charge is -2.19. The molecule has 15 nitrogen and oxygen atoms in total. The molecule has 1 aliphatic rings. The SMILES string of the molecule is COC(=O)[C@H](CCNC(=O)C(=O)Nc1ccc(N)cc1)NC(=O)c1ccc(Nc2nc(NC3(c4ccc(Cl)cc4)CC3)nc(OCC(F)(F)F)n2)cc1. The Labute approximate surface area is 305 Å². The lowest BCUT2D eigenvalue weighted by atomic mass is 10.1. The second-order valence-electron chi connectivity index (χ2n) is 11.8. The summed E-state index contributed by atoms with van der Waals surface area (Å²) in [5.74, 6) is -3.53. The number of carbonyl (C=O) groups excluding carboxylic acids is 4. The fraction of sp³-hybridized carbons (Fsp3) is 0.265. The Morgan fingerprint density at radius 3 is 2.15 bits per heavy atom. The van der Waals surface area contributed by atoms with Crippen LogP contribution in [0.25, 0.3) is 0 Å². The fourth-order valence-corrected chi connectivity index (χ4v) is 5.03. The van der Waals surface area contributed by atoms with Crippen LogP contribution in [0, 0.1) is 0 Å². The van der Waals surface area contributed by atoms with E-state index in [1.165, 1.54) is 36.4 Å². The van der Waals surface area contributed by atoms with Crippen LogP contribution >= 0.6 is 11.6 Å². The highest BCUT2D eigenvalue weighted by Crippen LogP contribution is 2.48. The van der Waals surface area contributed by atoms with Crippen molar-refractivity contribution in [2.45, 2.75) is 37.0 Å². The van der Waals surface area contributed by atoms with Gasteiger partial charge in [0.15, 0.2) is 6.61 Å². The number of amides is 3. The van der Waals surface area contributed by atoms with Crippen LogP contribution in [0.3, 0.4) is 0 Å². The van der Waals surface area contributed by atoms with Gasteiger partial charge in [-0.2, -0.15) is 28.1 Å². The fourth-order valence-electron chi connectivity index (χ4n) is 4.90. The van der Waals surface area contributed by atoms with Crippen molar-refractivity contribution >= 4 is 64.3 Å². The average Bonchev–Trinajstić information content (AvgIpc) is 3.91. The van der Waals surface area contributed by atoms with E-state index in [4.69, 9.17) is 26.8 Å². The number of methoxy groups -OCH3 is 1. The van der Waals surface area contributed by atoms with Gasteiger partial charge in [-0.3, -0.25) is 14.4 Å². The molecule has 0 saturated heterocycles. The number of esters is 1. The summed E-state index contributed by atoms with van der Waals surface area (Å²) < 4.78 is 48.4. The van der Waals surface area contributed by atoms with Crippen molar-refractivity contribution in [3.05, 3.63) is 88.9 Å². The molecule has 0 unspecified atom stereocenters. The van der Waals surface area contributed by atoms with Crippen LogP contribution in [-0.2, 0) is 24.7 Å². The molecule has 19 heteroatoms. The summed E-state index contributed by atoms with van der Waals surface area (Å²) in [6.45, 7) is -1.78. The van der Waals surface area contributed by atoms with Gasteiger partial charge < -0.3 is 41.8 Å². The van der Waals surface area contributed by atoms with Crippen LogP contribution in [-0.4, -0.2) is 71.1 Å². The molecular formula is C34H33ClF3N9O6. The lowest BCUT2D eigenvalue weighted by Crippen LogP contribution is -2.44. The van der Waals surface area contributed by atoms with Crippen molar-refractivity contribution in [3.8, 4) is 6.01 Å². The lowest BCUT2D eigenvalue weighted by molar-refractivity contribution is -0.154. The van der Waals surface area contributed by atoms with Gasteiger partial charge in [-0.25, -0.2) is 4.79 Å². The molecule has 1 fully saturated rings. The number of nitrogens with zero attached hydrogens (tertiary/aromatic N) is 3. The number of alkyl halides is 3. The van der Waals surface area contributed by atoms with Crippen molar-refractivity contribution in [2.24, 2.45) is 0 Å². The third-order valence-corrected chi connectivity index (χ3v) is 8.02. The zero-order valence-corrected chi connectivity index (χ0v) is 28.7. The molecule has 1 heterocycles. The first-order valence-corrected chi connectivity index (χ1v) is 16.3. The number of aromatic nitrogens is 3. The molecule has 3 amide bonds.